The molecule has 0 radical (unpaired) electrons. The minimum Gasteiger partial charge on any atom is -0.497 e. The number of rotatable bonds is 11. The smallest absolute Gasteiger partial charge is 0.405 e. The van der Waals surface area contributed by atoms with Gasteiger partial charge in [-0.15, -0.1) is 0 Å². The molecule has 42 heavy (non-hydrogen) atoms. The van der Waals surface area contributed by atoms with Gasteiger partial charge in [-0.3, -0.25) is 14.2 Å². The molecule has 0 aliphatic heterocycles. The minimum absolute atomic E-state index is 0.0505. The van der Waals surface area contributed by atoms with Crippen LogP contribution in [-0.2, 0) is 34.7 Å². The van der Waals surface area contributed by atoms with Gasteiger partial charge in [-0.2, -0.15) is 5.10 Å². The monoisotopic (exact) mass is 621 g/mol. The zero-order valence-electron chi connectivity index (χ0n) is 22.3. The van der Waals surface area contributed by atoms with Gasteiger partial charge >= 0.3 is 6.09 Å². The average molecular weight is 622 g/mol. The Bertz CT molecular complexity index is 1730. The molecule has 0 fully saturated rings. The van der Waals surface area contributed by atoms with Crippen LogP contribution in [0, 0.1) is 11.6 Å². The van der Waals surface area contributed by atoms with Crippen molar-refractivity contribution in [1.82, 2.24) is 15.1 Å². The second kappa shape index (κ2) is 12.6. The van der Waals surface area contributed by atoms with Crippen molar-refractivity contribution in [2.45, 2.75) is 18.9 Å². The van der Waals surface area contributed by atoms with Crippen LogP contribution in [0.3, 0.4) is 0 Å². The zero-order valence-corrected chi connectivity index (χ0v) is 23.9. The first-order valence-electron chi connectivity index (χ1n) is 12.4. The summed E-state index contributed by atoms with van der Waals surface area (Å²) in [5.74, 6) is -2.28. The lowest BCUT2D eigenvalue weighted by Crippen LogP contribution is -2.44. The number of amides is 2. The average Bonchev–Trinajstić information content (AvgIpc) is 3.24. The molecular weight excluding hydrogens is 596 g/mol. The standard InChI is InChI=1S/C27H26ClF2N5O6S/c1-35-24-21(31-26(36)22(32-27(37)38)13-16-11-17(29)14-18(30)12-16)8-7-20(28)23(24)25(33-35)34-42(39,40)10-9-15-3-5-19(41-2)6-4-15/h3-8,11-12,14,22,32H,9-10,13H2,1-2H3,(H,31,36)(H,33,34)(H,37,38)/t22-/m0/s1. The van der Waals surface area contributed by atoms with Crippen molar-refractivity contribution in [1.29, 1.82) is 0 Å². The van der Waals surface area contributed by atoms with Crippen LogP contribution < -0.4 is 20.1 Å². The number of aromatic nitrogens is 2. The maximum Gasteiger partial charge on any atom is 0.405 e. The second-order valence-corrected chi connectivity index (χ2v) is 11.5. The van der Waals surface area contributed by atoms with E-state index in [0.29, 0.717) is 11.8 Å². The molecule has 15 heteroatoms. The number of nitrogens with one attached hydrogen (secondary N) is 3. The number of carbonyl (C=O) groups excluding carboxylic acids is 1. The van der Waals surface area contributed by atoms with Crippen LogP contribution in [0.15, 0.2) is 54.6 Å². The molecule has 0 saturated carbocycles. The highest BCUT2D eigenvalue weighted by atomic mass is 35.5. The molecule has 2 amide bonds. The van der Waals surface area contributed by atoms with Crippen molar-refractivity contribution in [3.05, 3.63) is 82.4 Å². The third kappa shape index (κ3) is 7.44. The van der Waals surface area contributed by atoms with Crippen LogP contribution in [0.1, 0.15) is 11.1 Å². The van der Waals surface area contributed by atoms with Gasteiger partial charge in [-0.1, -0.05) is 23.7 Å². The molecule has 4 aromatic rings. The van der Waals surface area contributed by atoms with Crippen LogP contribution in [0.2, 0.25) is 5.02 Å². The van der Waals surface area contributed by atoms with E-state index in [2.05, 4.69) is 15.1 Å². The maximum absolute atomic E-state index is 13.7. The molecule has 1 aromatic heterocycles. The topological polar surface area (TPSA) is 152 Å². The van der Waals surface area contributed by atoms with Crippen molar-refractivity contribution in [2.75, 3.05) is 22.9 Å². The van der Waals surface area contributed by atoms with Crippen LogP contribution in [0.4, 0.5) is 25.1 Å². The summed E-state index contributed by atoms with van der Waals surface area (Å²) in [6, 6.07) is 11.0. The molecule has 1 heterocycles. The summed E-state index contributed by atoms with van der Waals surface area (Å²) >= 11 is 6.41. The first kappa shape index (κ1) is 30.5. The molecule has 11 nitrogen and oxygen atoms in total. The summed E-state index contributed by atoms with van der Waals surface area (Å²) < 4.78 is 62.1. The third-order valence-electron chi connectivity index (χ3n) is 6.24. The number of hydrogen-bond donors (Lipinski definition) is 4. The third-order valence-corrected chi connectivity index (χ3v) is 7.80. The van der Waals surface area contributed by atoms with E-state index < -0.39 is 39.7 Å². The molecule has 0 aliphatic rings. The number of aryl methyl sites for hydroxylation is 2. The van der Waals surface area contributed by atoms with Crippen molar-refractivity contribution in [3.63, 3.8) is 0 Å². The summed E-state index contributed by atoms with van der Waals surface area (Å²) in [7, 11) is -0.851. The Morgan fingerprint density at radius 1 is 1.07 bits per heavy atom. The fraction of sp³-hybridized carbons (Fsp3) is 0.222. The Morgan fingerprint density at radius 2 is 1.74 bits per heavy atom. The van der Waals surface area contributed by atoms with E-state index in [1.807, 2.05) is 5.32 Å². The van der Waals surface area contributed by atoms with E-state index in [1.54, 1.807) is 24.3 Å². The number of halogens is 3. The van der Waals surface area contributed by atoms with Gasteiger partial charge in [0.15, 0.2) is 5.82 Å². The molecule has 222 valence electrons. The fourth-order valence-electron chi connectivity index (χ4n) is 4.34. The van der Waals surface area contributed by atoms with Crippen LogP contribution in [0.25, 0.3) is 10.9 Å². The number of hydrogen-bond acceptors (Lipinski definition) is 6. The quantitative estimate of drug-likeness (QED) is 0.195. The zero-order chi connectivity index (χ0) is 30.6. The minimum atomic E-state index is -3.89. The molecular formula is C27H26ClF2N5O6S. The molecule has 3 aromatic carbocycles. The highest BCUT2D eigenvalue weighted by molar-refractivity contribution is 7.92. The fourth-order valence-corrected chi connectivity index (χ4v) is 5.62. The van der Waals surface area contributed by atoms with Gasteiger partial charge < -0.3 is 20.5 Å². The molecule has 0 unspecified atom stereocenters. The summed E-state index contributed by atoms with van der Waals surface area (Å²) in [5, 5.41) is 18.4. The second-order valence-electron chi connectivity index (χ2n) is 9.28. The molecule has 0 aliphatic carbocycles. The predicted molar refractivity (Wildman–Crippen MR) is 153 cm³/mol. The Labute approximate surface area is 244 Å². The number of fused-ring (bicyclic) bond motifs is 1. The number of anilines is 2. The number of carboxylic acid groups (broad SMARTS) is 1. The SMILES string of the molecule is COc1ccc(CCS(=O)(=O)Nc2nn(C)c3c(NC(=O)[C@H](Cc4cc(F)cc(F)c4)NC(=O)O)ccc(Cl)c23)cc1. The van der Waals surface area contributed by atoms with Gasteiger partial charge in [0.1, 0.15) is 23.4 Å². The Balaban J connectivity index is 1.57. The lowest BCUT2D eigenvalue weighted by atomic mass is 10.0. The first-order chi connectivity index (χ1) is 19.8. The van der Waals surface area contributed by atoms with Crippen LogP contribution in [-0.4, -0.2) is 54.2 Å². The lowest BCUT2D eigenvalue weighted by molar-refractivity contribution is -0.118. The van der Waals surface area contributed by atoms with Crippen molar-refractivity contribution < 1.29 is 36.6 Å². The molecule has 0 bridgehead atoms. The van der Waals surface area contributed by atoms with Crippen molar-refractivity contribution in [3.8, 4) is 5.75 Å². The molecule has 1 atom stereocenters. The Hall–Kier alpha value is -4.43. The van der Waals surface area contributed by atoms with Gasteiger partial charge in [-0.25, -0.2) is 22.0 Å². The van der Waals surface area contributed by atoms with E-state index in [4.69, 9.17) is 16.3 Å². The Morgan fingerprint density at radius 3 is 2.36 bits per heavy atom. The van der Waals surface area contributed by atoms with E-state index in [0.717, 1.165) is 17.7 Å². The Kier molecular flexibility index (Phi) is 9.17. The van der Waals surface area contributed by atoms with Gasteiger partial charge in [-0.05, 0) is 53.9 Å². The van der Waals surface area contributed by atoms with Gasteiger partial charge in [0.25, 0.3) is 0 Å². The van der Waals surface area contributed by atoms with Crippen LogP contribution >= 0.6 is 11.6 Å². The van der Waals surface area contributed by atoms with E-state index in [9.17, 15) is 31.9 Å². The summed E-state index contributed by atoms with van der Waals surface area (Å²) in [5.41, 5.74) is 1.21. The summed E-state index contributed by atoms with van der Waals surface area (Å²) in [6.07, 6.45) is -1.67. The van der Waals surface area contributed by atoms with Gasteiger partial charge in [0.2, 0.25) is 15.9 Å². The van der Waals surface area contributed by atoms with Crippen LogP contribution in [0.5, 0.6) is 5.75 Å². The number of benzene rings is 3. The number of carbonyl (C=O) groups is 2. The highest BCUT2D eigenvalue weighted by Gasteiger charge is 2.25. The number of ether oxygens (including phenoxy) is 1. The highest BCUT2D eigenvalue weighted by Crippen LogP contribution is 2.35. The summed E-state index contributed by atoms with van der Waals surface area (Å²) in [4.78, 5) is 24.5. The van der Waals surface area contributed by atoms with Gasteiger partial charge in [0, 0.05) is 19.5 Å². The number of sulfonamides is 1. The molecule has 4 N–H and O–H groups in total. The van der Waals surface area contributed by atoms with E-state index in [1.165, 1.54) is 31.0 Å². The predicted octanol–water partition coefficient (Wildman–Crippen LogP) is 4.32. The lowest BCUT2D eigenvalue weighted by Gasteiger charge is -2.18. The van der Waals surface area contributed by atoms with Crippen molar-refractivity contribution >= 4 is 56.0 Å². The molecule has 0 spiro atoms. The number of nitrogens with zero attached hydrogens (tertiary/aromatic N) is 2. The maximum atomic E-state index is 13.7. The molecule has 0 saturated heterocycles. The van der Waals surface area contributed by atoms with E-state index in [-0.39, 0.29) is 51.6 Å². The largest absolute Gasteiger partial charge is 0.497 e. The first-order valence-corrected chi connectivity index (χ1v) is 14.4. The molecule has 4 rings (SSSR count). The van der Waals surface area contributed by atoms with Gasteiger partial charge in [0.05, 0.1) is 34.5 Å². The normalized spacial score (nSPS) is 12.1. The van der Waals surface area contributed by atoms with E-state index >= 15 is 0 Å². The number of methoxy groups -OCH3 is 1. The van der Waals surface area contributed by atoms with Crippen molar-refractivity contribution in [2.24, 2.45) is 7.05 Å². The summed E-state index contributed by atoms with van der Waals surface area (Å²) in [6.45, 7) is 0.